The topological polar surface area (TPSA) is 42.2 Å². The van der Waals surface area contributed by atoms with E-state index >= 15 is 0 Å². The fourth-order valence-corrected chi connectivity index (χ4v) is 2.35. The molecule has 0 atom stereocenters. The molecule has 0 radical (unpaired) electrons. The van der Waals surface area contributed by atoms with Gasteiger partial charge < -0.3 is 9.47 Å². The predicted molar refractivity (Wildman–Crippen MR) is 85.9 cm³/mol. The van der Waals surface area contributed by atoms with E-state index in [0.29, 0.717) is 17.9 Å². The van der Waals surface area contributed by atoms with Gasteiger partial charge in [-0.3, -0.25) is 0 Å². The van der Waals surface area contributed by atoms with Gasteiger partial charge in [0.2, 0.25) is 0 Å². The first-order chi connectivity index (χ1) is 10.2. The van der Waals surface area contributed by atoms with Gasteiger partial charge in [-0.2, -0.15) is 5.26 Å². The fraction of sp³-hybridized carbons (Fsp3) is 0.235. The van der Waals surface area contributed by atoms with Crippen molar-refractivity contribution in [2.75, 3.05) is 7.11 Å². The first-order valence-electron chi connectivity index (χ1n) is 6.53. The number of halogens is 1. The molecule has 0 spiro atoms. The lowest BCUT2D eigenvalue weighted by molar-refractivity contribution is 0.284. The number of aryl methyl sites for hydroxylation is 1. The largest absolute Gasteiger partial charge is 0.493 e. The van der Waals surface area contributed by atoms with Crippen molar-refractivity contribution in [3.63, 3.8) is 0 Å². The minimum absolute atomic E-state index is 0.446. The van der Waals surface area contributed by atoms with Crippen LogP contribution in [0.2, 0.25) is 0 Å². The summed E-state index contributed by atoms with van der Waals surface area (Å²) in [4.78, 5) is 0. The summed E-state index contributed by atoms with van der Waals surface area (Å²) < 4.78 is 11.2. The zero-order valence-electron chi connectivity index (χ0n) is 12.0. The standard InChI is InChI=1S/C17H16BrNO2/c1-12-7-14(10-19)3-5-15(12)11-21-16-6-4-13(9-18)8-17(16)20-2/h3-8H,9,11H2,1-2H3. The Hall–Kier alpha value is -1.99. The van der Waals surface area contributed by atoms with Gasteiger partial charge in [0.25, 0.3) is 0 Å². The number of hydrogen-bond acceptors (Lipinski definition) is 3. The van der Waals surface area contributed by atoms with Crippen molar-refractivity contribution < 1.29 is 9.47 Å². The highest BCUT2D eigenvalue weighted by atomic mass is 79.9. The van der Waals surface area contributed by atoms with Gasteiger partial charge in [-0.15, -0.1) is 0 Å². The number of benzene rings is 2. The van der Waals surface area contributed by atoms with E-state index in [1.807, 2.05) is 37.3 Å². The molecular formula is C17H16BrNO2. The monoisotopic (exact) mass is 345 g/mol. The average molecular weight is 346 g/mol. The number of nitriles is 1. The summed E-state index contributed by atoms with van der Waals surface area (Å²) in [5, 5.41) is 9.65. The molecule has 2 rings (SSSR count). The fourth-order valence-electron chi connectivity index (χ4n) is 2.00. The van der Waals surface area contributed by atoms with Crippen LogP contribution in [0, 0.1) is 18.3 Å². The summed E-state index contributed by atoms with van der Waals surface area (Å²) >= 11 is 3.42. The van der Waals surface area contributed by atoms with Gasteiger partial charge in [-0.25, -0.2) is 0 Å². The van der Waals surface area contributed by atoms with E-state index in [4.69, 9.17) is 14.7 Å². The SMILES string of the molecule is COc1cc(CBr)ccc1OCc1ccc(C#N)cc1C. The van der Waals surface area contributed by atoms with Crippen LogP contribution < -0.4 is 9.47 Å². The molecule has 0 bridgehead atoms. The van der Waals surface area contributed by atoms with Crippen LogP contribution in [0.25, 0.3) is 0 Å². The number of methoxy groups -OCH3 is 1. The van der Waals surface area contributed by atoms with Gasteiger partial charge in [-0.05, 0) is 47.9 Å². The number of nitrogens with zero attached hydrogens (tertiary/aromatic N) is 1. The molecule has 0 amide bonds. The second kappa shape index (κ2) is 7.14. The van der Waals surface area contributed by atoms with E-state index in [0.717, 1.165) is 27.8 Å². The Balaban J connectivity index is 2.15. The predicted octanol–water partition coefficient (Wildman–Crippen LogP) is 4.35. The van der Waals surface area contributed by atoms with Crippen LogP contribution in [0.4, 0.5) is 0 Å². The zero-order valence-corrected chi connectivity index (χ0v) is 13.6. The van der Waals surface area contributed by atoms with Gasteiger partial charge >= 0.3 is 0 Å². The van der Waals surface area contributed by atoms with E-state index in [9.17, 15) is 0 Å². The molecule has 0 aliphatic rings. The normalized spacial score (nSPS) is 10.0. The minimum Gasteiger partial charge on any atom is -0.493 e. The van der Waals surface area contributed by atoms with Crippen molar-refractivity contribution in [3.05, 3.63) is 58.7 Å². The maximum Gasteiger partial charge on any atom is 0.161 e. The highest BCUT2D eigenvalue weighted by molar-refractivity contribution is 9.08. The van der Waals surface area contributed by atoms with Crippen LogP contribution in [0.15, 0.2) is 36.4 Å². The minimum atomic E-state index is 0.446. The maximum atomic E-state index is 8.88. The van der Waals surface area contributed by atoms with E-state index in [-0.39, 0.29) is 0 Å². The Kier molecular flexibility index (Phi) is 5.24. The molecule has 0 N–H and O–H groups in total. The number of ether oxygens (including phenoxy) is 2. The number of rotatable bonds is 5. The van der Waals surface area contributed by atoms with Crippen LogP contribution >= 0.6 is 15.9 Å². The molecule has 4 heteroatoms. The van der Waals surface area contributed by atoms with E-state index < -0.39 is 0 Å². The molecule has 0 fully saturated rings. The third-order valence-corrected chi connectivity index (χ3v) is 3.88. The molecule has 0 saturated heterocycles. The van der Waals surface area contributed by atoms with Crippen molar-refractivity contribution in [2.24, 2.45) is 0 Å². The number of alkyl halides is 1. The first-order valence-corrected chi connectivity index (χ1v) is 7.65. The van der Waals surface area contributed by atoms with Crippen molar-refractivity contribution in [3.8, 4) is 17.6 Å². The Morgan fingerprint density at radius 3 is 2.57 bits per heavy atom. The molecule has 0 heterocycles. The summed E-state index contributed by atoms with van der Waals surface area (Å²) in [6, 6.07) is 13.6. The number of hydrogen-bond donors (Lipinski definition) is 0. The molecule has 0 unspecified atom stereocenters. The molecule has 0 aliphatic heterocycles. The van der Waals surface area contributed by atoms with E-state index in [1.165, 1.54) is 0 Å². The Labute approximate surface area is 133 Å². The maximum absolute atomic E-state index is 8.88. The van der Waals surface area contributed by atoms with Crippen LogP contribution in [0.1, 0.15) is 22.3 Å². The third-order valence-electron chi connectivity index (χ3n) is 3.24. The summed E-state index contributed by atoms with van der Waals surface area (Å²) in [6.45, 7) is 2.42. The highest BCUT2D eigenvalue weighted by Crippen LogP contribution is 2.29. The van der Waals surface area contributed by atoms with Crippen LogP contribution in [-0.4, -0.2) is 7.11 Å². The molecule has 2 aromatic rings. The molecule has 2 aromatic carbocycles. The summed E-state index contributed by atoms with van der Waals surface area (Å²) in [7, 11) is 1.63. The highest BCUT2D eigenvalue weighted by Gasteiger charge is 2.07. The van der Waals surface area contributed by atoms with Crippen LogP contribution in [0.3, 0.4) is 0 Å². The van der Waals surface area contributed by atoms with E-state index in [2.05, 4.69) is 22.0 Å². The lowest BCUT2D eigenvalue weighted by Gasteiger charge is -2.13. The molecule has 0 aromatic heterocycles. The van der Waals surface area contributed by atoms with Gasteiger partial charge in [0.05, 0.1) is 18.7 Å². The third kappa shape index (κ3) is 3.77. The van der Waals surface area contributed by atoms with Crippen LogP contribution in [0.5, 0.6) is 11.5 Å². The molecule has 3 nitrogen and oxygen atoms in total. The molecular weight excluding hydrogens is 330 g/mol. The van der Waals surface area contributed by atoms with Crippen molar-refractivity contribution in [1.29, 1.82) is 5.26 Å². The zero-order chi connectivity index (χ0) is 15.2. The molecule has 21 heavy (non-hydrogen) atoms. The Morgan fingerprint density at radius 1 is 1.14 bits per heavy atom. The first kappa shape index (κ1) is 15.4. The van der Waals surface area contributed by atoms with Gasteiger partial charge in [0, 0.05) is 5.33 Å². The van der Waals surface area contributed by atoms with Crippen molar-refractivity contribution in [2.45, 2.75) is 18.9 Å². The Morgan fingerprint density at radius 2 is 1.95 bits per heavy atom. The average Bonchev–Trinajstić information content (AvgIpc) is 2.53. The lowest BCUT2D eigenvalue weighted by Crippen LogP contribution is -2.00. The summed E-state index contributed by atoms with van der Waals surface area (Å²) in [5.74, 6) is 1.43. The second-order valence-corrected chi connectivity index (χ2v) is 5.22. The quantitative estimate of drug-likeness (QED) is 0.756. The lowest BCUT2D eigenvalue weighted by atomic mass is 10.1. The van der Waals surface area contributed by atoms with Gasteiger partial charge in [-0.1, -0.05) is 28.1 Å². The Bertz CT molecular complexity index is 677. The second-order valence-electron chi connectivity index (χ2n) is 4.66. The van der Waals surface area contributed by atoms with E-state index in [1.54, 1.807) is 13.2 Å². The van der Waals surface area contributed by atoms with Gasteiger partial charge in [0.1, 0.15) is 6.61 Å². The molecule has 0 saturated carbocycles. The van der Waals surface area contributed by atoms with Crippen molar-refractivity contribution >= 4 is 15.9 Å². The van der Waals surface area contributed by atoms with Gasteiger partial charge in [0.15, 0.2) is 11.5 Å². The van der Waals surface area contributed by atoms with Crippen molar-refractivity contribution in [1.82, 2.24) is 0 Å². The smallest absolute Gasteiger partial charge is 0.161 e. The molecule has 108 valence electrons. The summed E-state index contributed by atoms with van der Waals surface area (Å²) in [6.07, 6.45) is 0. The molecule has 0 aliphatic carbocycles. The van der Waals surface area contributed by atoms with Crippen LogP contribution in [-0.2, 0) is 11.9 Å². The summed E-state index contributed by atoms with van der Waals surface area (Å²) in [5.41, 5.74) is 3.90.